The van der Waals surface area contributed by atoms with E-state index in [0.29, 0.717) is 5.41 Å². The van der Waals surface area contributed by atoms with Gasteiger partial charge < -0.3 is 10.2 Å². The lowest BCUT2D eigenvalue weighted by atomic mass is 9.45. The Hall–Kier alpha value is -0.210. The third-order valence-corrected chi connectivity index (χ3v) is 8.59. The molecule has 0 aromatic heterocycles. The fourth-order valence-corrected chi connectivity index (χ4v) is 7.21. The molecule has 0 spiro atoms. The van der Waals surface area contributed by atoms with Crippen LogP contribution in [0.3, 0.4) is 0 Å². The Balaban J connectivity index is 0.000000349. The quantitative estimate of drug-likeness (QED) is 0.473. The minimum atomic E-state index is -4.67. The molecule has 26 heavy (non-hydrogen) atoms. The monoisotopic (exact) mass is 390 g/mol. The summed E-state index contributed by atoms with van der Waals surface area (Å²) in [6.45, 7) is 4.90. The van der Waals surface area contributed by atoms with Crippen molar-refractivity contribution in [1.82, 2.24) is 0 Å². The summed E-state index contributed by atoms with van der Waals surface area (Å²) in [6.07, 6.45) is 10.7. The van der Waals surface area contributed by atoms with Gasteiger partial charge in [-0.1, -0.05) is 13.8 Å². The first kappa shape index (κ1) is 20.5. The normalized spacial score (nSPS) is 50.7. The number of hydrogen-bond donors (Lipinski definition) is 4. The van der Waals surface area contributed by atoms with Crippen LogP contribution in [0.4, 0.5) is 0 Å². The third-order valence-electron chi connectivity index (χ3n) is 8.59. The number of aliphatic hydroxyl groups is 2. The van der Waals surface area contributed by atoms with Crippen LogP contribution in [0.15, 0.2) is 0 Å². The fourth-order valence-electron chi connectivity index (χ4n) is 7.21. The first-order chi connectivity index (χ1) is 11.9. The average Bonchev–Trinajstić information content (AvgIpc) is 2.82. The van der Waals surface area contributed by atoms with Crippen molar-refractivity contribution in [2.75, 3.05) is 0 Å². The Morgan fingerprint density at radius 1 is 0.808 bits per heavy atom. The Kier molecular flexibility index (Phi) is 5.52. The lowest BCUT2D eigenvalue weighted by molar-refractivity contribution is -0.133. The molecule has 4 saturated carbocycles. The molecule has 4 N–H and O–H groups in total. The fraction of sp³-hybridized carbons (Fsp3) is 1.00. The second-order valence-electron chi connectivity index (χ2n) is 9.67. The zero-order valence-corrected chi connectivity index (χ0v) is 16.7. The predicted molar refractivity (Wildman–Crippen MR) is 97.9 cm³/mol. The SMILES string of the molecule is C[C@]12CC[C@H](O)C[C@@H]1CC[C@@H]1[C@@H]2CC[C@]2(C)[C@H](O)CC[C@@H]12.O=S(=O)(O)O. The molecule has 6 nitrogen and oxygen atoms in total. The molecule has 4 fully saturated rings. The van der Waals surface area contributed by atoms with Crippen molar-refractivity contribution in [2.24, 2.45) is 34.5 Å². The topological polar surface area (TPSA) is 115 Å². The number of fused-ring (bicyclic) bond motifs is 5. The molecule has 0 aromatic rings. The van der Waals surface area contributed by atoms with Gasteiger partial charge >= 0.3 is 10.4 Å². The molecule has 0 saturated heterocycles. The Morgan fingerprint density at radius 3 is 2.04 bits per heavy atom. The Bertz CT molecular complexity index is 614. The van der Waals surface area contributed by atoms with Crippen LogP contribution in [0.1, 0.15) is 71.6 Å². The van der Waals surface area contributed by atoms with Crippen LogP contribution in [0.5, 0.6) is 0 Å². The lowest BCUT2D eigenvalue weighted by Crippen LogP contribution is -2.54. The smallest absolute Gasteiger partial charge is 0.393 e. The van der Waals surface area contributed by atoms with E-state index < -0.39 is 10.4 Å². The van der Waals surface area contributed by atoms with Crippen molar-refractivity contribution in [3.63, 3.8) is 0 Å². The molecule has 4 rings (SSSR count). The molecular formula is C19H34O6S. The van der Waals surface area contributed by atoms with E-state index in [2.05, 4.69) is 13.8 Å². The highest BCUT2D eigenvalue weighted by Gasteiger charge is 2.59. The highest BCUT2D eigenvalue weighted by atomic mass is 32.3. The van der Waals surface area contributed by atoms with Crippen molar-refractivity contribution in [1.29, 1.82) is 0 Å². The van der Waals surface area contributed by atoms with Crippen LogP contribution in [0.2, 0.25) is 0 Å². The van der Waals surface area contributed by atoms with Crippen LogP contribution in [0.25, 0.3) is 0 Å². The Labute approximate surface area is 157 Å². The summed E-state index contributed by atoms with van der Waals surface area (Å²) in [7, 11) is -4.67. The first-order valence-electron chi connectivity index (χ1n) is 10.0. The van der Waals surface area contributed by atoms with Gasteiger partial charge in [-0.2, -0.15) is 8.42 Å². The summed E-state index contributed by atoms with van der Waals surface area (Å²) < 4.78 is 31.6. The molecule has 0 amide bonds. The first-order valence-corrected chi connectivity index (χ1v) is 11.4. The lowest BCUT2D eigenvalue weighted by Gasteiger charge is -2.60. The van der Waals surface area contributed by atoms with E-state index in [9.17, 15) is 10.2 Å². The van der Waals surface area contributed by atoms with Crippen LogP contribution in [-0.2, 0) is 10.4 Å². The second kappa shape index (κ2) is 6.99. The molecule has 7 heteroatoms. The highest BCUT2D eigenvalue weighted by molar-refractivity contribution is 7.79. The van der Waals surface area contributed by atoms with Crippen molar-refractivity contribution < 1.29 is 27.7 Å². The molecule has 0 bridgehead atoms. The largest absolute Gasteiger partial charge is 0.394 e. The standard InChI is InChI=1S/C19H32O2.H2O4S/c1-18-9-7-13(20)11-12(18)3-4-14-15-5-6-17(21)19(15,2)10-8-16(14)18;1-5(2,3)4/h12-17,20-21H,3-11H2,1-2H3;(H2,1,2,3,4)/t12-,13-,14-,15-,16-,17+,18-,19-;/m0./s1. The molecule has 0 radical (unpaired) electrons. The van der Waals surface area contributed by atoms with Crippen LogP contribution >= 0.6 is 0 Å². The predicted octanol–water partition coefficient (Wildman–Crippen LogP) is 3.10. The van der Waals surface area contributed by atoms with Gasteiger partial charge in [0.25, 0.3) is 0 Å². The summed E-state index contributed by atoms with van der Waals surface area (Å²) in [5.41, 5.74) is 0.676. The zero-order valence-electron chi connectivity index (χ0n) is 15.8. The summed E-state index contributed by atoms with van der Waals surface area (Å²) in [5.74, 6) is 3.21. The van der Waals surface area contributed by atoms with Crippen molar-refractivity contribution in [3.05, 3.63) is 0 Å². The van der Waals surface area contributed by atoms with E-state index in [1.807, 2.05) is 0 Å². The van der Waals surface area contributed by atoms with Gasteiger partial charge in [0.2, 0.25) is 0 Å². The minimum absolute atomic E-state index is 0.0400. The van der Waals surface area contributed by atoms with Crippen molar-refractivity contribution >= 4 is 10.4 Å². The van der Waals surface area contributed by atoms with Gasteiger partial charge in [0.15, 0.2) is 0 Å². The van der Waals surface area contributed by atoms with Crippen LogP contribution in [-0.4, -0.2) is 39.9 Å². The van der Waals surface area contributed by atoms with Crippen molar-refractivity contribution in [2.45, 2.75) is 83.8 Å². The molecule has 0 unspecified atom stereocenters. The molecule has 0 aliphatic heterocycles. The minimum Gasteiger partial charge on any atom is -0.393 e. The maximum absolute atomic E-state index is 10.5. The second-order valence-corrected chi connectivity index (χ2v) is 10.6. The van der Waals surface area contributed by atoms with E-state index in [1.54, 1.807) is 0 Å². The highest BCUT2D eigenvalue weighted by Crippen LogP contribution is 2.66. The van der Waals surface area contributed by atoms with Gasteiger partial charge in [-0.25, -0.2) is 0 Å². The summed E-state index contributed by atoms with van der Waals surface area (Å²) in [4.78, 5) is 0. The van der Waals surface area contributed by atoms with E-state index >= 15 is 0 Å². The van der Waals surface area contributed by atoms with Crippen LogP contribution < -0.4 is 0 Å². The summed E-state index contributed by atoms with van der Waals surface area (Å²) in [6, 6.07) is 0. The molecule has 4 aliphatic rings. The van der Waals surface area contributed by atoms with Gasteiger partial charge in [0.05, 0.1) is 12.2 Å². The van der Waals surface area contributed by atoms with Gasteiger partial charge in [0.1, 0.15) is 0 Å². The van der Waals surface area contributed by atoms with E-state index in [1.165, 1.54) is 38.5 Å². The maximum Gasteiger partial charge on any atom is 0.394 e. The third kappa shape index (κ3) is 3.70. The zero-order chi connectivity index (χ0) is 19.3. The summed E-state index contributed by atoms with van der Waals surface area (Å²) >= 11 is 0. The van der Waals surface area contributed by atoms with Crippen molar-refractivity contribution in [3.8, 4) is 0 Å². The molecule has 8 atom stereocenters. The van der Waals surface area contributed by atoms with Gasteiger partial charge in [-0.05, 0) is 92.3 Å². The molecule has 0 heterocycles. The number of aliphatic hydroxyl groups excluding tert-OH is 2. The molecule has 0 aromatic carbocycles. The Morgan fingerprint density at radius 2 is 1.38 bits per heavy atom. The molecule has 4 aliphatic carbocycles. The van der Waals surface area contributed by atoms with Crippen LogP contribution in [0, 0.1) is 34.5 Å². The molecular weight excluding hydrogens is 356 g/mol. The summed E-state index contributed by atoms with van der Waals surface area (Å²) in [5, 5.41) is 20.5. The van der Waals surface area contributed by atoms with Gasteiger partial charge in [-0.15, -0.1) is 0 Å². The van der Waals surface area contributed by atoms with Gasteiger partial charge in [0, 0.05) is 0 Å². The maximum atomic E-state index is 10.5. The molecule has 152 valence electrons. The van der Waals surface area contributed by atoms with Gasteiger partial charge in [-0.3, -0.25) is 9.11 Å². The van der Waals surface area contributed by atoms with E-state index in [4.69, 9.17) is 17.5 Å². The number of hydrogen-bond acceptors (Lipinski definition) is 4. The number of rotatable bonds is 0. The average molecular weight is 391 g/mol. The van der Waals surface area contributed by atoms with E-state index in [0.717, 1.165) is 42.9 Å². The van der Waals surface area contributed by atoms with E-state index in [-0.39, 0.29) is 17.6 Å².